The summed E-state index contributed by atoms with van der Waals surface area (Å²) in [5.74, 6) is 0.124. The average Bonchev–Trinajstić information content (AvgIpc) is 2.14. The molecule has 17 heavy (non-hydrogen) atoms. The van der Waals surface area contributed by atoms with Gasteiger partial charge >= 0.3 is 6.18 Å². The Hall–Kier alpha value is -1.06. The van der Waals surface area contributed by atoms with Crippen molar-refractivity contribution < 1.29 is 13.2 Å². The van der Waals surface area contributed by atoms with Gasteiger partial charge in [0.15, 0.2) is 0 Å². The van der Waals surface area contributed by atoms with Gasteiger partial charge in [0.25, 0.3) is 0 Å². The largest absolute Gasteiger partial charge is 0.418 e. The summed E-state index contributed by atoms with van der Waals surface area (Å²) in [5.41, 5.74) is -0.427. The third kappa shape index (κ3) is 3.20. The molecule has 4 heteroatoms. The molecule has 0 spiro atoms. The molecule has 0 saturated carbocycles. The van der Waals surface area contributed by atoms with Gasteiger partial charge in [-0.25, -0.2) is 0 Å². The molecular formula is C13H18F3N. The van der Waals surface area contributed by atoms with Crippen LogP contribution in [0, 0.1) is 0 Å². The van der Waals surface area contributed by atoms with Crippen molar-refractivity contribution in [3.05, 3.63) is 29.1 Å². The second-order valence-corrected chi connectivity index (χ2v) is 5.53. The molecule has 1 nitrogen and oxygen atoms in total. The van der Waals surface area contributed by atoms with Crippen molar-refractivity contribution in [2.24, 2.45) is 0 Å². The fourth-order valence-corrected chi connectivity index (χ4v) is 1.60. The first-order chi connectivity index (χ1) is 7.53. The van der Waals surface area contributed by atoms with E-state index in [1.807, 2.05) is 13.8 Å². The number of hydrogen-bond acceptors (Lipinski definition) is 1. The van der Waals surface area contributed by atoms with Crippen LogP contribution in [0.3, 0.4) is 0 Å². The smallest absolute Gasteiger partial charge is 0.256 e. The Labute approximate surface area is 100 Å². The Kier molecular flexibility index (Phi) is 3.55. The topological polar surface area (TPSA) is 12.9 Å². The SMILES string of the molecule is CC(C)c1ccc(C(F)(F)F)c(C(C)(C)C)n1. The molecule has 96 valence electrons. The van der Waals surface area contributed by atoms with Crippen LogP contribution in [0.15, 0.2) is 12.1 Å². The van der Waals surface area contributed by atoms with Gasteiger partial charge in [0.05, 0.1) is 11.3 Å². The molecule has 1 rings (SSSR count). The Balaban J connectivity index is 3.43. The van der Waals surface area contributed by atoms with Gasteiger partial charge in [-0.05, 0) is 18.1 Å². The highest BCUT2D eigenvalue weighted by Gasteiger charge is 2.37. The van der Waals surface area contributed by atoms with Gasteiger partial charge < -0.3 is 0 Å². The lowest BCUT2D eigenvalue weighted by molar-refractivity contribution is -0.139. The lowest BCUT2D eigenvalue weighted by Gasteiger charge is -2.24. The van der Waals surface area contributed by atoms with Crippen molar-refractivity contribution in [2.75, 3.05) is 0 Å². The lowest BCUT2D eigenvalue weighted by Crippen LogP contribution is -2.22. The highest BCUT2D eigenvalue weighted by atomic mass is 19.4. The van der Waals surface area contributed by atoms with E-state index < -0.39 is 17.2 Å². The third-order valence-electron chi connectivity index (χ3n) is 2.52. The minimum atomic E-state index is -4.34. The van der Waals surface area contributed by atoms with Crippen LogP contribution in [0.2, 0.25) is 0 Å². The maximum atomic E-state index is 12.9. The maximum absolute atomic E-state index is 12.9. The van der Waals surface area contributed by atoms with E-state index in [4.69, 9.17) is 0 Å². The molecule has 0 unspecified atom stereocenters. The number of alkyl halides is 3. The molecule has 0 aliphatic carbocycles. The minimum absolute atomic E-state index is 0.121. The van der Waals surface area contributed by atoms with E-state index in [0.29, 0.717) is 5.69 Å². The fraction of sp³-hybridized carbons (Fsp3) is 0.615. The Morgan fingerprint density at radius 1 is 1.06 bits per heavy atom. The van der Waals surface area contributed by atoms with Crippen LogP contribution in [0.1, 0.15) is 57.5 Å². The summed E-state index contributed by atoms with van der Waals surface area (Å²) in [6.07, 6.45) is -4.34. The summed E-state index contributed by atoms with van der Waals surface area (Å²) in [4.78, 5) is 4.19. The summed E-state index contributed by atoms with van der Waals surface area (Å²) in [7, 11) is 0. The molecule has 0 aliphatic heterocycles. The second kappa shape index (κ2) is 4.31. The fourth-order valence-electron chi connectivity index (χ4n) is 1.60. The van der Waals surface area contributed by atoms with Crippen LogP contribution in [0.4, 0.5) is 13.2 Å². The van der Waals surface area contributed by atoms with Crippen molar-refractivity contribution in [3.8, 4) is 0 Å². The first kappa shape index (κ1) is 14.0. The molecule has 1 heterocycles. The molecule has 0 saturated heterocycles. The first-order valence-electron chi connectivity index (χ1n) is 5.62. The van der Waals surface area contributed by atoms with Crippen molar-refractivity contribution in [1.29, 1.82) is 0 Å². The number of hydrogen-bond donors (Lipinski definition) is 0. The van der Waals surface area contributed by atoms with E-state index in [-0.39, 0.29) is 11.6 Å². The Morgan fingerprint density at radius 2 is 1.59 bits per heavy atom. The predicted molar refractivity (Wildman–Crippen MR) is 62.0 cm³/mol. The predicted octanol–water partition coefficient (Wildman–Crippen LogP) is 4.52. The summed E-state index contributed by atoms with van der Waals surface area (Å²) < 4.78 is 38.6. The van der Waals surface area contributed by atoms with Gasteiger partial charge in [-0.2, -0.15) is 13.2 Å². The van der Waals surface area contributed by atoms with Crippen molar-refractivity contribution in [3.63, 3.8) is 0 Å². The van der Waals surface area contributed by atoms with Crippen molar-refractivity contribution in [1.82, 2.24) is 4.98 Å². The summed E-state index contributed by atoms with van der Waals surface area (Å²) >= 11 is 0. The van der Waals surface area contributed by atoms with Crippen molar-refractivity contribution >= 4 is 0 Å². The summed E-state index contributed by atoms with van der Waals surface area (Å²) in [6.45, 7) is 9.07. The molecule has 1 aromatic rings. The summed E-state index contributed by atoms with van der Waals surface area (Å²) in [6, 6.07) is 2.60. The molecule has 0 radical (unpaired) electrons. The number of halogens is 3. The van der Waals surface area contributed by atoms with E-state index in [9.17, 15) is 13.2 Å². The average molecular weight is 245 g/mol. The van der Waals surface area contributed by atoms with E-state index in [2.05, 4.69) is 4.98 Å². The van der Waals surface area contributed by atoms with Gasteiger partial charge in [-0.3, -0.25) is 4.98 Å². The zero-order valence-electron chi connectivity index (χ0n) is 10.8. The Bertz CT molecular complexity index is 400. The highest BCUT2D eigenvalue weighted by molar-refractivity contribution is 5.31. The van der Waals surface area contributed by atoms with Gasteiger partial charge in [0, 0.05) is 11.1 Å². The van der Waals surface area contributed by atoms with Crippen LogP contribution in [-0.4, -0.2) is 4.98 Å². The zero-order valence-corrected chi connectivity index (χ0v) is 10.8. The molecule has 0 aliphatic rings. The molecule has 1 aromatic heterocycles. The number of aromatic nitrogens is 1. The molecule has 0 bridgehead atoms. The molecule has 0 amide bonds. The van der Waals surface area contributed by atoms with Gasteiger partial charge in [0.1, 0.15) is 0 Å². The zero-order chi connectivity index (χ0) is 13.4. The van der Waals surface area contributed by atoms with Crippen LogP contribution in [0.5, 0.6) is 0 Å². The van der Waals surface area contributed by atoms with Crippen LogP contribution in [0.25, 0.3) is 0 Å². The van der Waals surface area contributed by atoms with Crippen LogP contribution < -0.4 is 0 Å². The summed E-state index contributed by atoms with van der Waals surface area (Å²) in [5, 5.41) is 0. The van der Waals surface area contributed by atoms with Gasteiger partial charge in [-0.1, -0.05) is 34.6 Å². The monoisotopic (exact) mass is 245 g/mol. The van der Waals surface area contributed by atoms with Crippen LogP contribution >= 0.6 is 0 Å². The minimum Gasteiger partial charge on any atom is -0.256 e. The standard InChI is InChI=1S/C13H18F3N/c1-8(2)10-7-6-9(13(14,15)16)11(17-10)12(3,4)5/h6-8H,1-5H3. The number of rotatable bonds is 1. The molecular weight excluding hydrogens is 227 g/mol. The third-order valence-corrected chi connectivity index (χ3v) is 2.52. The maximum Gasteiger partial charge on any atom is 0.418 e. The highest BCUT2D eigenvalue weighted by Crippen LogP contribution is 2.37. The number of pyridine rings is 1. The van der Waals surface area contributed by atoms with Crippen LogP contribution in [-0.2, 0) is 11.6 Å². The number of nitrogens with zero attached hydrogens (tertiary/aromatic N) is 1. The van der Waals surface area contributed by atoms with Crippen molar-refractivity contribution in [2.45, 2.75) is 52.1 Å². The van der Waals surface area contributed by atoms with E-state index in [1.54, 1.807) is 20.8 Å². The lowest BCUT2D eigenvalue weighted by atomic mass is 9.87. The van der Waals surface area contributed by atoms with E-state index in [1.165, 1.54) is 6.07 Å². The molecule has 0 aromatic carbocycles. The second-order valence-electron chi connectivity index (χ2n) is 5.53. The quantitative estimate of drug-likeness (QED) is 0.708. The molecule has 0 N–H and O–H groups in total. The molecule has 0 fully saturated rings. The van der Waals surface area contributed by atoms with Gasteiger partial charge in [-0.15, -0.1) is 0 Å². The van der Waals surface area contributed by atoms with E-state index >= 15 is 0 Å². The normalized spacial score (nSPS) is 13.2. The molecule has 0 atom stereocenters. The van der Waals surface area contributed by atoms with E-state index in [0.717, 1.165) is 6.07 Å². The first-order valence-corrected chi connectivity index (χ1v) is 5.62. The Morgan fingerprint density at radius 3 is 1.94 bits per heavy atom. The van der Waals surface area contributed by atoms with Gasteiger partial charge in [0.2, 0.25) is 0 Å².